The third-order valence-electron chi connectivity index (χ3n) is 3.43. The second kappa shape index (κ2) is 8.97. The molecule has 1 heterocycles. The minimum atomic E-state index is -3.52. The minimum Gasteiger partial charge on any atom is -0.484 e. The molecule has 0 bridgehead atoms. The van der Waals surface area contributed by atoms with Crippen molar-refractivity contribution in [3.63, 3.8) is 0 Å². The van der Waals surface area contributed by atoms with E-state index < -0.39 is 10.0 Å². The molecule has 0 atom stereocenters. The number of benzene rings is 1. The van der Waals surface area contributed by atoms with Gasteiger partial charge < -0.3 is 19.5 Å². The van der Waals surface area contributed by atoms with Crippen molar-refractivity contribution in [2.75, 3.05) is 53.2 Å². The van der Waals surface area contributed by atoms with Crippen LogP contribution >= 0.6 is 0 Å². The van der Waals surface area contributed by atoms with Gasteiger partial charge in [-0.2, -0.15) is 4.31 Å². The van der Waals surface area contributed by atoms with E-state index in [1.807, 2.05) is 0 Å². The fourth-order valence-corrected chi connectivity index (χ4v) is 3.54. The molecule has 0 aliphatic carbocycles. The Balaban J connectivity index is 1.89. The van der Waals surface area contributed by atoms with Gasteiger partial charge >= 0.3 is 0 Å². The SMILES string of the molecule is COCCNC(=O)COc1ccc(S(=O)(=O)N2CCOCC2)cc1. The highest BCUT2D eigenvalue weighted by atomic mass is 32.2. The first kappa shape index (κ1) is 18.7. The van der Waals surface area contributed by atoms with Crippen molar-refractivity contribution in [2.24, 2.45) is 0 Å². The zero-order valence-corrected chi connectivity index (χ0v) is 14.4. The van der Waals surface area contributed by atoms with Gasteiger partial charge in [0, 0.05) is 26.7 Å². The molecule has 2 rings (SSSR count). The fraction of sp³-hybridized carbons (Fsp3) is 0.533. The van der Waals surface area contributed by atoms with Crippen LogP contribution in [0, 0.1) is 0 Å². The summed E-state index contributed by atoms with van der Waals surface area (Å²) in [6.07, 6.45) is 0. The maximum absolute atomic E-state index is 12.5. The molecule has 134 valence electrons. The Hall–Kier alpha value is -1.68. The second-order valence-corrected chi connectivity index (χ2v) is 7.06. The highest BCUT2D eigenvalue weighted by molar-refractivity contribution is 7.89. The number of amides is 1. The average molecular weight is 358 g/mol. The Morgan fingerprint density at radius 1 is 1.25 bits per heavy atom. The first-order valence-electron chi connectivity index (χ1n) is 7.60. The molecule has 1 fully saturated rings. The molecule has 1 aliphatic heterocycles. The highest BCUT2D eigenvalue weighted by Crippen LogP contribution is 2.20. The second-order valence-electron chi connectivity index (χ2n) is 5.12. The summed E-state index contributed by atoms with van der Waals surface area (Å²) in [6.45, 7) is 2.20. The number of ether oxygens (including phenoxy) is 3. The fourth-order valence-electron chi connectivity index (χ4n) is 2.14. The van der Waals surface area contributed by atoms with Gasteiger partial charge in [0.1, 0.15) is 5.75 Å². The lowest BCUT2D eigenvalue weighted by atomic mass is 10.3. The van der Waals surface area contributed by atoms with Crippen LogP contribution < -0.4 is 10.1 Å². The largest absolute Gasteiger partial charge is 0.484 e. The predicted octanol–water partition coefficient (Wildman–Crippen LogP) is -0.151. The number of carbonyl (C=O) groups is 1. The van der Waals surface area contributed by atoms with E-state index in [0.717, 1.165) is 0 Å². The Bertz CT molecular complexity index is 626. The average Bonchev–Trinajstić information content (AvgIpc) is 2.61. The number of methoxy groups -OCH3 is 1. The van der Waals surface area contributed by atoms with E-state index in [2.05, 4.69) is 5.32 Å². The van der Waals surface area contributed by atoms with Gasteiger partial charge in [0.15, 0.2) is 6.61 Å². The van der Waals surface area contributed by atoms with Crippen molar-refractivity contribution >= 4 is 15.9 Å². The number of nitrogens with one attached hydrogen (secondary N) is 1. The van der Waals surface area contributed by atoms with Gasteiger partial charge in [-0.25, -0.2) is 8.42 Å². The summed E-state index contributed by atoms with van der Waals surface area (Å²) in [5.41, 5.74) is 0. The molecule has 0 radical (unpaired) electrons. The van der Waals surface area contributed by atoms with Crippen molar-refractivity contribution in [3.05, 3.63) is 24.3 Å². The molecule has 1 aromatic rings. The van der Waals surface area contributed by atoms with Crippen LogP contribution in [0.1, 0.15) is 0 Å². The van der Waals surface area contributed by atoms with Gasteiger partial charge in [-0.3, -0.25) is 4.79 Å². The highest BCUT2D eigenvalue weighted by Gasteiger charge is 2.26. The number of carbonyl (C=O) groups excluding carboxylic acids is 1. The molecule has 8 nitrogen and oxygen atoms in total. The number of nitrogens with zero attached hydrogens (tertiary/aromatic N) is 1. The van der Waals surface area contributed by atoms with Crippen molar-refractivity contribution < 1.29 is 27.4 Å². The number of sulfonamides is 1. The lowest BCUT2D eigenvalue weighted by Crippen LogP contribution is -2.40. The molecular formula is C15H22N2O6S. The Morgan fingerprint density at radius 2 is 1.92 bits per heavy atom. The Kier molecular flexibility index (Phi) is 6.98. The molecule has 1 aromatic carbocycles. The first-order valence-corrected chi connectivity index (χ1v) is 9.04. The Labute approximate surface area is 141 Å². The minimum absolute atomic E-state index is 0.140. The zero-order chi connectivity index (χ0) is 17.4. The van der Waals surface area contributed by atoms with Crippen LogP contribution in [0.15, 0.2) is 29.2 Å². The molecule has 0 unspecified atom stereocenters. The van der Waals surface area contributed by atoms with Crippen molar-refractivity contribution in [1.29, 1.82) is 0 Å². The van der Waals surface area contributed by atoms with Crippen LogP contribution in [0.25, 0.3) is 0 Å². The van der Waals surface area contributed by atoms with Gasteiger partial charge in [0.05, 0.1) is 24.7 Å². The summed E-state index contributed by atoms with van der Waals surface area (Å²) in [7, 11) is -1.97. The topological polar surface area (TPSA) is 94.2 Å². The maximum atomic E-state index is 12.5. The molecule has 24 heavy (non-hydrogen) atoms. The summed E-state index contributed by atoms with van der Waals surface area (Å²) in [5.74, 6) is 0.162. The quantitative estimate of drug-likeness (QED) is 0.650. The van der Waals surface area contributed by atoms with E-state index in [0.29, 0.717) is 45.2 Å². The van der Waals surface area contributed by atoms with Crippen molar-refractivity contribution in [2.45, 2.75) is 4.90 Å². The standard InChI is InChI=1S/C15H22N2O6S/c1-21-9-6-16-15(18)12-23-13-2-4-14(5-3-13)24(19,20)17-7-10-22-11-8-17/h2-5H,6-12H2,1H3,(H,16,18). The number of hydrogen-bond acceptors (Lipinski definition) is 6. The summed E-state index contributed by atoms with van der Waals surface area (Å²) >= 11 is 0. The van der Waals surface area contributed by atoms with E-state index in [1.54, 1.807) is 7.11 Å². The number of hydrogen-bond donors (Lipinski definition) is 1. The molecule has 1 amide bonds. The molecule has 9 heteroatoms. The van der Waals surface area contributed by atoms with E-state index in [1.165, 1.54) is 28.6 Å². The van der Waals surface area contributed by atoms with Crippen LogP contribution in [0.5, 0.6) is 5.75 Å². The van der Waals surface area contributed by atoms with Crippen molar-refractivity contribution in [3.8, 4) is 5.75 Å². The van der Waals surface area contributed by atoms with E-state index in [4.69, 9.17) is 14.2 Å². The van der Waals surface area contributed by atoms with Crippen LogP contribution in [0.2, 0.25) is 0 Å². The van der Waals surface area contributed by atoms with Gasteiger partial charge in [-0.1, -0.05) is 0 Å². The summed E-state index contributed by atoms with van der Waals surface area (Å²) in [4.78, 5) is 11.7. The van der Waals surface area contributed by atoms with Crippen LogP contribution in [-0.4, -0.2) is 71.8 Å². The number of morpholine rings is 1. The predicted molar refractivity (Wildman–Crippen MR) is 86.4 cm³/mol. The van der Waals surface area contributed by atoms with Crippen molar-refractivity contribution in [1.82, 2.24) is 9.62 Å². The summed E-state index contributed by atoms with van der Waals surface area (Å²) in [5, 5.41) is 2.63. The smallest absolute Gasteiger partial charge is 0.258 e. The molecule has 1 saturated heterocycles. The third-order valence-corrected chi connectivity index (χ3v) is 5.34. The molecule has 0 aromatic heterocycles. The summed E-state index contributed by atoms with van der Waals surface area (Å²) < 4.78 is 41.7. The van der Waals surface area contributed by atoms with E-state index in [9.17, 15) is 13.2 Å². The van der Waals surface area contributed by atoms with Gasteiger partial charge in [0.25, 0.3) is 5.91 Å². The molecule has 1 aliphatic rings. The molecule has 1 N–H and O–H groups in total. The number of rotatable bonds is 8. The first-order chi connectivity index (χ1) is 11.5. The molecule has 0 spiro atoms. The van der Waals surface area contributed by atoms with Crippen LogP contribution in [-0.2, 0) is 24.3 Å². The monoisotopic (exact) mass is 358 g/mol. The lowest BCUT2D eigenvalue weighted by molar-refractivity contribution is -0.123. The van der Waals surface area contributed by atoms with E-state index in [-0.39, 0.29) is 17.4 Å². The van der Waals surface area contributed by atoms with Gasteiger partial charge in [0.2, 0.25) is 10.0 Å². The van der Waals surface area contributed by atoms with Gasteiger partial charge in [-0.15, -0.1) is 0 Å². The third kappa shape index (κ3) is 5.17. The Morgan fingerprint density at radius 3 is 2.54 bits per heavy atom. The van der Waals surface area contributed by atoms with E-state index >= 15 is 0 Å². The van der Waals surface area contributed by atoms with Crippen LogP contribution in [0.3, 0.4) is 0 Å². The van der Waals surface area contributed by atoms with Gasteiger partial charge in [-0.05, 0) is 24.3 Å². The molecule has 0 saturated carbocycles. The molecular weight excluding hydrogens is 336 g/mol. The van der Waals surface area contributed by atoms with Crippen LogP contribution in [0.4, 0.5) is 0 Å². The zero-order valence-electron chi connectivity index (χ0n) is 13.6. The lowest BCUT2D eigenvalue weighted by Gasteiger charge is -2.26. The normalized spacial score (nSPS) is 15.9. The maximum Gasteiger partial charge on any atom is 0.258 e. The summed E-state index contributed by atoms with van der Waals surface area (Å²) in [6, 6.07) is 6.03.